The Bertz CT molecular complexity index is 1350. The highest BCUT2D eigenvalue weighted by molar-refractivity contribution is 7.92. The van der Waals surface area contributed by atoms with Gasteiger partial charge in [0.1, 0.15) is 17.3 Å². The zero-order valence-electron chi connectivity index (χ0n) is 22.0. The van der Waals surface area contributed by atoms with E-state index >= 15 is 0 Å². The molecule has 10 nitrogen and oxygen atoms in total. The van der Waals surface area contributed by atoms with Crippen molar-refractivity contribution in [2.75, 3.05) is 20.2 Å². The van der Waals surface area contributed by atoms with E-state index in [0.717, 1.165) is 12.1 Å². The molecule has 0 spiro atoms. The van der Waals surface area contributed by atoms with Crippen LogP contribution in [0.15, 0.2) is 51.8 Å². The van der Waals surface area contributed by atoms with Crippen LogP contribution in [0.1, 0.15) is 45.6 Å². The number of carbonyl (C=O) groups excluding carboxylic acids is 2. The van der Waals surface area contributed by atoms with Gasteiger partial charge in [0.2, 0.25) is 5.91 Å². The first kappa shape index (κ1) is 27.8. The summed E-state index contributed by atoms with van der Waals surface area (Å²) in [4.78, 5) is 32.2. The van der Waals surface area contributed by atoms with Gasteiger partial charge in [-0.25, -0.2) is 17.8 Å². The number of aliphatic hydroxyl groups excluding tert-OH is 1. The molecule has 2 amide bonds. The number of hydrogen-bond donors (Lipinski definition) is 2. The van der Waals surface area contributed by atoms with Gasteiger partial charge in [-0.15, -0.1) is 0 Å². The van der Waals surface area contributed by atoms with Crippen molar-refractivity contribution < 1.29 is 32.2 Å². The van der Waals surface area contributed by atoms with Crippen molar-refractivity contribution in [2.24, 2.45) is 4.99 Å². The number of halogens is 1. The Morgan fingerprint density at radius 3 is 2.74 bits per heavy atom. The number of hydrogen-bond acceptors (Lipinski definition) is 8. The molecule has 2 N–H and O–H groups in total. The van der Waals surface area contributed by atoms with Gasteiger partial charge in [-0.2, -0.15) is 0 Å². The first-order chi connectivity index (χ1) is 17.7. The highest BCUT2D eigenvalue weighted by Crippen LogP contribution is 2.34. The largest absolute Gasteiger partial charge is 0.504 e. The SMILES string of the molecule is C=C1C(O)=C(C(=O)NCc2ccc(F)cc2S(=O)(=O)C2CCC(N(C)C(C)=O)C2)N=C2N1CCOC2(C)C. The van der Waals surface area contributed by atoms with Gasteiger partial charge in [0.25, 0.3) is 5.91 Å². The van der Waals surface area contributed by atoms with Gasteiger partial charge >= 0.3 is 0 Å². The van der Waals surface area contributed by atoms with Crippen LogP contribution >= 0.6 is 0 Å². The molecule has 2 fully saturated rings. The number of aliphatic imine (C=N–C) groups is 1. The van der Waals surface area contributed by atoms with E-state index in [-0.39, 0.29) is 52.5 Å². The molecule has 12 heteroatoms. The summed E-state index contributed by atoms with van der Waals surface area (Å²) in [6, 6.07) is 3.18. The van der Waals surface area contributed by atoms with Crippen molar-refractivity contribution in [3.8, 4) is 0 Å². The number of benzene rings is 1. The van der Waals surface area contributed by atoms with Crippen molar-refractivity contribution in [1.29, 1.82) is 0 Å². The second-order valence-electron chi connectivity index (χ2n) is 10.3. The summed E-state index contributed by atoms with van der Waals surface area (Å²) < 4.78 is 47.0. The quantitative estimate of drug-likeness (QED) is 0.559. The monoisotopic (exact) mass is 548 g/mol. The summed E-state index contributed by atoms with van der Waals surface area (Å²) >= 11 is 0. The molecule has 2 heterocycles. The van der Waals surface area contributed by atoms with Crippen LogP contribution in [0, 0.1) is 5.82 Å². The van der Waals surface area contributed by atoms with Gasteiger partial charge in [0, 0.05) is 33.1 Å². The highest BCUT2D eigenvalue weighted by Gasteiger charge is 2.41. The number of amides is 2. The molecule has 38 heavy (non-hydrogen) atoms. The van der Waals surface area contributed by atoms with E-state index in [1.165, 1.54) is 17.9 Å². The molecular weight excluding hydrogens is 515 g/mol. The van der Waals surface area contributed by atoms with Gasteiger partial charge in [-0.05, 0) is 50.8 Å². The summed E-state index contributed by atoms with van der Waals surface area (Å²) in [5.74, 6) is -1.58. The smallest absolute Gasteiger partial charge is 0.274 e. The Morgan fingerprint density at radius 1 is 1.34 bits per heavy atom. The fraction of sp³-hybridized carbons (Fsp3) is 0.500. The predicted molar refractivity (Wildman–Crippen MR) is 138 cm³/mol. The average Bonchev–Trinajstić information content (AvgIpc) is 3.36. The number of nitrogens with one attached hydrogen (secondary N) is 1. The molecule has 0 bridgehead atoms. The second-order valence-corrected chi connectivity index (χ2v) is 12.5. The molecule has 3 aliphatic rings. The number of ether oxygens (including phenoxy) is 1. The Morgan fingerprint density at radius 2 is 2.05 bits per heavy atom. The van der Waals surface area contributed by atoms with Crippen LogP contribution in [-0.4, -0.2) is 78.1 Å². The number of amidine groups is 1. The van der Waals surface area contributed by atoms with Crippen LogP contribution < -0.4 is 5.32 Å². The standard InChI is InChI=1S/C26H33FN4O6S/c1-15-23(33)22(29-25-26(3,4)37-11-10-31(15)25)24(34)28-14-17-6-7-18(27)12-21(17)38(35,36)20-9-8-19(13-20)30(5)16(2)32/h6-7,12,19-20,33H,1,8-11,13-14H2,2-5H3,(H,28,34). The molecular formula is C26H33FN4O6S. The third kappa shape index (κ3) is 5.06. The van der Waals surface area contributed by atoms with Crippen LogP contribution in [0.2, 0.25) is 0 Å². The maximum absolute atomic E-state index is 14.2. The van der Waals surface area contributed by atoms with Gasteiger partial charge in [-0.1, -0.05) is 12.6 Å². The third-order valence-electron chi connectivity index (χ3n) is 7.44. The van der Waals surface area contributed by atoms with E-state index in [2.05, 4.69) is 16.9 Å². The lowest BCUT2D eigenvalue weighted by atomic mass is 10.0. The molecule has 206 valence electrons. The minimum atomic E-state index is -3.96. The predicted octanol–water partition coefficient (Wildman–Crippen LogP) is 2.42. The van der Waals surface area contributed by atoms with Crippen molar-refractivity contribution in [3.63, 3.8) is 0 Å². The minimum Gasteiger partial charge on any atom is -0.504 e. The summed E-state index contributed by atoms with van der Waals surface area (Å²) in [6.45, 7) is 9.47. The summed E-state index contributed by atoms with van der Waals surface area (Å²) in [6.07, 6.45) is 1.10. The molecule has 1 saturated carbocycles. The van der Waals surface area contributed by atoms with Crippen molar-refractivity contribution in [1.82, 2.24) is 15.1 Å². The second kappa shape index (κ2) is 10.1. The van der Waals surface area contributed by atoms with E-state index in [0.29, 0.717) is 31.8 Å². The first-order valence-electron chi connectivity index (χ1n) is 12.4. The molecule has 0 aromatic heterocycles. The lowest BCUT2D eigenvalue weighted by Gasteiger charge is -2.43. The number of fused-ring (bicyclic) bond motifs is 1. The van der Waals surface area contributed by atoms with E-state index in [1.807, 2.05) is 0 Å². The zero-order chi connectivity index (χ0) is 28.0. The number of rotatable bonds is 6. The zero-order valence-corrected chi connectivity index (χ0v) is 22.8. The number of sulfone groups is 1. The number of nitrogens with zero attached hydrogens (tertiary/aromatic N) is 3. The molecule has 0 radical (unpaired) electrons. The summed E-state index contributed by atoms with van der Waals surface area (Å²) in [5.41, 5.74) is -0.667. The number of carbonyl (C=O) groups is 2. The van der Waals surface area contributed by atoms with Crippen LogP contribution in [0.4, 0.5) is 4.39 Å². The van der Waals surface area contributed by atoms with Crippen molar-refractivity contribution >= 4 is 27.5 Å². The van der Waals surface area contributed by atoms with Crippen molar-refractivity contribution in [2.45, 2.75) is 68.4 Å². The van der Waals surface area contributed by atoms with E-state index in [1.54, 1.807) is 25.8 Å². The van der Waals surface area contributed by atoms with E-state index in [4.69, 9.17) is 4.74 Å². The van der Waals surface area contributed by atoms with Gasteiger partial charge in [0.05, 0.1) is 22.4 Å². The maximum Gasteiger partial charge on any atom is 0.274 e. The summed E-state index contributed by atoms with van der Waals surface area (Å²) in [5, 5.41) is 12.5. The maximum atomic E-state index is 14.2. The summed E-state index contributed by atoms with van der Waals surface area (Å²) in [7, 11) is -2.33. The Hall–Kier alpha value is -3.25. The lowest BCUT2D eigenvalue weighted by molar-refractivity contribution is -0.129. The van der Waals surface area contributed by atoms with Crippen LogP contribution in [-0.2, 0) is 30.7 Å². The third-order valence-corrected chi connectivity index (χ3v) is 9.74. The molecule has 2 atom stereocenters. The first-order valence-corrected chi connectivity index (χ1v) is 14.0. The molecule has 2 unspecified atom stereocenters. The molecule has 1 aromatic carbocycles. The normalized spacial score (nSPS) is 23.1. The van der Waals surface area contributed by atoms with E-state index < -0.39 is 32.4 Å². The van der Waals surface area contributed by atoms with Crippen LogP contribution in [0.3, 0.4) is 0 Å². The Kier molecular flexibility index (Phi) is 7.41. The van der Waals surface area contributed by atoms with E-state index in [9.17, 15) is 27.5 Å². The molecule has 2 aliphatic heterocycles. The molecule has 1 aliphatic carbocycles. The van der Waals surface area contributed by atoms with Gasteiger partial charge in [0.15, 0.2) is 21.3 Å². The van der Waals surface area contributed by atoms with Crippen LogP contribution in [0.25, 0.3) is 0 Å². The Labute approximate surface area is 221 Å². The fourth-order valence-electron chi connectivity index (χ4n) is 5.11. The number of aliphatic hydroxyl groups is 1. The molecule has 1 aromatic rings. The molecule has 4 rings (SSSR count). The average molecular weight is 549 g/mol. The topological polar surface area (TPSA) is 129 Å². The minimum absolute atomic E-state index is 0.153. The van der Waals surface area contributed by atoms with Gasteiger partial charge in [-0.3, -0.25) is 9.59 Å². The molecule has 1 saturated heterocycles. The van der Waals surface area contributed by atoms with Gasteiger partial charge < -0.3 is 25.0 Å². The van der Waals surface area contributed by atoms with Crippen molar-refractivity contribution in [3.05, 3.63) is 53.3 Å². The fourth-order valence-corrected chi connectivity index (χ4v) is 7.18. The van der Waals surface area contributed by atoms with Crippen LogP contribution in [0.5, 0.6) is 0 Å². The Balaban J connectivity index is 1.56. The lowest BCUT2D eigenvalue weighted by Crippen LogP contribution is -2.54. The number of morpholine rings is 1. The highest BCUT2D eigenvalue weighted by atomic mass is 32.2.